The van der Waals surface area contributed by atoms with Gasteiger partial charge >= 0.3 is 5.97 Å². The summed E-state index contributed by atoms with van der Waals surface area (Å²) in [5.41, 5.74) is -0.215. The number of hydrogen-bond acceptors (Lipinski definition) is 4. The Kier molecular flexibility index (Phi) is 5.12. The van der Waals surface area contributed by atoms with Crippen molar-refractivity contribution in [3.05, 3.63) is 29.3 Å². The molecule has 1 aromatic rings. The van der Waals surface area contributed by atoms with Gasteiger partial charge in [-0.2, -0.15) is 0 Å². The fraction of sp³-hybridized carbons (Fsp3) is 0.533. The molecule has 0 aromatic heterocycles. The van der Waals surface area contributed by atoms with Crippen LogP contribution < -0.4 is 10.2 Å². The van der Waals surface area contributed by atoms with Crippen molar-refractivity contribution >= 4 is 11.7 Å². The van der Waals surface area contributed by atoms with Crippen LogP contribution in [0.4, 0.5) is 14.5 Å². The maximum atomic E-state index is 14.1. The van der Waals surface area contributed by atoms with E-state index in [9.17, 15) is 13.6 Å². The first-order valence-corrected chi connectivity index (χ1v) is 7.02. The summed E-state index contributed by atoms with van der Waals surface area (Å²) in [7, 11) is 2.87. The second-order valence-corrected chi connectivity index (χ2v) is 5.33. The van der Waals surface area contributed by atoms with Gasteiger partial charge in [0, 0.05) is 13.6 Å². The molecule has 21 heavy (non-hydrogen) atoms. The van der Waals surface area contributed by atoms with Crippen LogP contribution in [0.5, 0.6) is 0 Å². The number of piperidine rings is 1. The lowest BCUT2D eigenvalue weighted by atomic mass is 9.97. The largest absolute Gasteiger partial charge is 0.465 e. The molecule has 1 aliphatic heterocycles. The number of carbonyl (C=O) groups is 1. The smallest absolute Gasteiger partial charge is 0.340 e. The van der Waals surface area contributed by atoms with Crippen LogP contribution >= 0.6 is 0 Å². The van der Waals surface area contributed by atoms with Crippen LogP contribution in [0, 0.1) is 17.6 Å². The number of nitrogens with zero attached hydrogens (tertiary/aromatic N) is 1. The molecule has 2 rings (SSSR count). The van der Waals surface area contributed by atoms with Gasteiger partial charge in [0.2, 0.25) is 0 Å². The summed E-state index contributed by atoms with van der Waals surface area (Å²) in [5, 5.41) is 3.27. The Labute approximate surface area is 123 Å². The first kappa shape index (κ1) is 15.7. The second kappa shape index (κ2) is 6.85. The molecule has 1 fully saturated rings. The average molecular weight is 298 g/mol. The van der Waals surface area contributed by atoms with Crippen molar-refractivity contribution in [3.63, 3.8) is 0 Å². The highest BCUT2D eigenvalue weighted by molar-refractivity contribution is 5.90. The van der Waals surface area contributed by atoms with E-state index in [4.69, 9.17) is 0 Å². The number of esters is 1. The number of nitrogens with one attached hydrogen (secondary N) is 1. The number of anilines is 1. The Bertz CT molecular complexity index is 517. The maximum Gasteiger partial charge on any atom is 0.340 e. The fourth-order valence-corrected chi connectivity index (χ4v) is 2.65. The molecule has 1 heterocycles. The Morgan fingerprint density at radius 3 is 2.62 bits per heavy atom. The number of halogens is 2. The third-order valence-corrected chi connectivity index (χ3v) is 3.87. The van der Waals surface area contributed by atoms with Gasteiger partial charge in [0.1, 0.15) is 0 Å². The molecule has 1 N–H and O–H groups in total. The topological polar surface area (TPSA) is 41.6 Å². The van der Waals surface area contributed by atoms with Crippen LogP contribution in [0.3, 0.4) is 0 Å². The fourth-order valence-electron chi connectivity index (χ4n) is 2.65. The lowest BCUT2D eigenvalue weighted by Crippen LogP contribution is -2.35. The summed E-state index contributed by atoms with van der Waals surface area (Å²) < 4.78 is 32.5. The van der Waals surface area contributed by atoms with E-state index < -0.39 is 17.6 Å². The third kappa shape index (κ3) is 3.50. The molecule has 0 unspecified atom stereocenters. The van der Waals surface area contributed by atoms with Crippen molar-refractivity contribution < 1.29 is 18.3 Å². The Hall–Kier alpha value is -1.69. The quantitative estimate of drug-likeness (QED) is 0.865. The van der Waals surface area contributed by atoms with Gasteiger partial charge in [-0.1, -0.05) is 0 Å². The summed E-state index contributed by atoms with van der Waals surface area (Å²) >= 11 is 0. The Balaban J connectivity index is 2.15. The van der Waals surface area contributed by atoms with Crippen molar-refractivity contribution in [2.24, 2.45) is 5.92 Å². The summed E-state index contributed by atoms with van der Waals surface area (Å²) in [6, 6.07) is 2.68. The van der Waals surface area contributed by atoms with Gasteiger partial charge in [-0.25, -0.2) is 13.6 Å². The number of carbonyl (C=O) groups excluding carboxylic acids is 1. The second-order valence-electron chi connectivity index (χ2n) is 5.33. The van der Waals surface area contributed by atoms with E-state index in [0.29, 0.717) is 12.5 Å². The Morgan fingerprint density at radius 1 is 1.33 bits per heavy atom. The molecule has 1 aromatic carbocycles. The zero-order valence-corrected chi connectivity index (χ0v) is 12.3. The number of hydrogen-bond donors (Lipinski definition) is 1. The standard InChI is InChI=1S/C15H20F2N2O2/c1-19(9-10-5-7-18-8-6-10)12-4-3-11(15(20)21-2)13(16)14(12)17/h3-4,10,18H,5-9H2,1-2H3. The van der Waals surface area contributed by atoms with Crippen molar-refractivity contribution in [3.8, 4) is 0 Å². The van der Waals surface area contributed by atoms with E-state index in [1.54, 1.807) is 11.9 Å². The van der Waals surface area contributed by atoms with Crippen molar-refractivity contribution in [1.29, 1.82) is 0 Å². The predicted molar refractivity (Wildman–Crippen MR) is 76.6 cm³/mol. The summed E-state index contributed by atoms with van der Waals surface area (Å²) in [6.45, 7) is 2.57. The van der Waals surface area contributed by atoms with E-state index in [0.717, 1.165) is 33.0 Å². The van der Waals surface area contributed by atoms with E-state index in [-0.39, 0.29) is 11.3 Å². The highest BCUT2D eigenvalue weighted by Crippen LogP contribution is 2.25. The van der Waals surface area contributed by atoms with E-state index >= 15 is 0 Å². The first-order valence-electron chi connectivity index (χ1n) is 7.02. The normalized spacial score (nSPS) is 15.8. The van der Waals surface area contributed by atoms with E-state index in [2.05, 4.69) is 10.1 Å². The van der Waals surface area contributed by atoms with Crippen LogP contribution in [-0.2, 0) is 4.74 Å². The molecule has 116 valence electrons. The molecular weight excluding hydrogens is 278 g/mol. The highest BCUT2D eigenvalue weighted by Gasteiger charge is 2.22. The number of ether oxygens (including phenoxy) is 1. The van der Waals surface area contributed by atoms with Gasteiger partial charge in [-0.3, -0.25) is 0 Å². The van der Waals surface area contributed by atoms with Gasteiger partial charge in [0.05, 0.1) is 18.4 Å². The molecule has 6 heteroatoms. The van der Waals surface area contributed by atoms with Crippen LogP contribution in [0.2, 0.25) is 0 Å². The van der Waals surface area contributed by atoms with E-state index in [1.165, 1.54) is 12.1 Å². The first-order chi connectivity index (χ1) is 10.0. The van der Waals surface area contributed by atoms with E-state index in [1.807, 2.05) is 0 Å². The number of benzene rings is 1. The third-order valence-electron chi connectivity index (χ3n) is 3.87. The number of rotatable bonds is 4. The van der Waals surface area contributed by atoms with Gasteiger partial charge < -0.3 is 15.0 Å². The molecule has 0 saturated carbocycles. The van der Waals surface area contributed by atoms with Gasteiger partial charge in [-0.05, 0) is 44.0 Å². The zero-order valence-electron chi connectivity index (χ0n) is 12.3. The molecule has 0 spiro atoms. The molecule has 4 nitrogen and oxygen atoms in total. The highest BCUT2D eigenvalue weighted by atomic mass is 19.2. The molecule has 0 bridgehead atoms. The number of methoxy groups -OCH3 is 1. The summed E-state index contributed by atoms with van der Waals surface area (Å²) in [6.07, 6.45) is 2.05. The molecule has 0 radical (unpaired) electrons. The van der Waals surface area contributed by atoms with Gasteiger partial charge in [-0.15, -0.1) is 0 Å². The monoisotopic (exact) mass is 298 g/mol. The summed E-state index contributed by atoms with van der Waals surface area (Å²) in [4.78, 5) is 13.0. The minimum absolute atomic E-state index is 0.165. The zero-order chi connectivity index (χ0) is 15.4. The van der Waals surface area contributed by atoms with Crippen LogP contribution in [0.25, 0.3) is 0 Å². The SMILES string of the molecule is COC(=O)c1ccc(N(C)CC2CCNCC2)c(F)c1F. The molecule has 0 aliphatic carbocycles. The molecule has 0 amide bonds. The van der Waals surface area contributed by atoms with Gasteiger partial charge in [0.25, 0.3) is 0 Å². The summed E-state index contributed by atoms with van der Waals surface area (Å²) in [5.74, 6) is -2.58. The van der Waals surface area contributed by atoms with Crippen LogP contribution in [0.1, 0.15) is 23.2 Å². The van der Waals surface area contributed by atoms with Gasteiger partial charge in [0.15, 0.2) is 11.6 Å². The maximum absolute atomic E-state index is 14.1. The molecule has 1 saturated heterocycles. The molecule has 0 atom stereocenters. The van der Waals surface area contributed by atoms with Crippen molar-refractivity contribution in [2.75, 3.05) is 38.7 Å². The lowest BCUT2D eigenvalue weighted by molar-refractivity contribution is 0.0594. The van der Waals surface area contributed by atoms with Crippen LogP contribution in [-0.4, -0.2) is 39.8 Å². The predicted octanol–water partition coefficient (Wildman–Crippen LogP) is 2.19. The molecule has 1 aliphatic rings. The van der Waals surface area contributed by atoms with Crippen molar-refractivity contribution in [1.82, 2.24) is 5.32 Å². The average Bonchev–Trinajstić information content (AvgIpc) is 2.50. The lowest BCUT2D eigenvalue weighted by Gasteiger charge is -2.29. The molecular formula is C15H20F2N2O2. The minimum atomic E-state index is -1.16. The Morgan fingerprint density at radius 2 is 2.00 bits per heavy atom. The van der Waals surface area contributed by atoms with Crippen LogP contribution in [0.15, 0.2) is 12.1 Å². The van der Waals surface area contributed by atoms with Crippen molar-refractivity contribution in [2.45, 2.75) is 12.8 Å². The minimum Gasteiger partial charge on any atom is -0.465 e.